The zero-order valence-electron chi connectivity index (χ0n) is 13.2. The molecule has 2 aromatic carbocycles. The Morgan fingerprint density at radius 3 is 2.71 bits per heavy atom. The third kappa shape index (κ3) is 2.08. The van der Waals surface area contributed by atoms with E-state index in [4.69, 9.17) is 4.42 Å². The second kappa shape index (κ2) is 5.40. The lowest BCUT2D eigenvalue weighted by Gasteiger charge is -2.19. The number of fused-ring (bicyclic) bond motifs is 5. The first-order valence-corrected chi connectivity index (χ1v) is 7.87. The zero-order chi connectivity index (χ0) is 15.0. The van der Waals surface area contributed by atoms with Crippen molar-refractivity contribution in [2.45, 2.75) is 40.0 Å². The van der Waals surface area contributed by atoms with Crippen molar-refractivity contribution in [1.29, 1.82) is 0 Å². The molecule has 1 aliphatic rings. The van der Waals surface area contributed by atoms with E-state index in [0.29, 0.717) is 5.92 Å². The average molecular weight is 278 g/mol. The van der Waals surface area contributed by atoms with E-state index in [1.807, 2.05) is 19.9 Å². The summed E-state index contributed by atoms with van der Waals surface area (Å²) < 4.78 is 6.07. The Hall–Kier alpha value is -2.02. The van der Waals surface area contributed by atoms with Crippen molar-refractivity contribution in [2.24, 2.45) is 0 Å². The van der Waals surface area contributed by atoms with E-state index < -0.39 is 0 Å². The largest absolute Gasteiger partial charge is 0.456 e. The van der Waals surface area contributed by atoms with Gasteiger partial charge in [0.05, 0.1) is 0 Å². The fourth-order valence-electron chi connectivity index (χ4n) is 3.30. The van der Waals surface area contributed by atoms with Crippen LogP contribution in [0.25, 0.3) is 28.0 Å². The van der Waals surface area contributed by atoms with Crippen LogP contribution in [-0.4, -0.2) is 0 Å². The Kier molecular flexibility index (Phi) is 3.59. The highest BCUT2D eigenvalue weighted by molar-refractivity contribution is 6.09. The highest BCUT2D eigenvalue weighted by atomic mass is 16.3. The quantitative estimate of drug-likeness (QED) is 0.461. The van der Waals surface area contributed by atoms with E-state index in [0.717, 1.165) is 17.6 Å². The van der Waals surface area contributed by atoms with Crippen LogP contribution in [0.1, 0.15) is 49.8 Å². The lowest BCUT2D eigenvalue weighted by Crippen LogP contribution is -2.01. The summed E-state index contributed by atoms with van der Waals surface area (Å²) in [4.78, 5) is 0. The second-order valence-electron chi connectivity index (χ2n) is 5.54. The van der Waals surface area contributed by atoms with Gasteiger partial charge in [-0.2, -0.15) is 0 Å². The van der Waals surface area contributed by atoms with Crippen LogP contribution in [0, 0.1) is 6.92 Å². The third-order valence-corrected chi connectivity index (χ3v) is 4.19. The Morgan fingerprint density at radius 1 is 1.14 bits per heavy atom. The molecule has 1 aromatic heterocycles. The van der Waals surface area contributed by atoms with Gasteiger partial charge in [0.15, 0.2) is 0 Å². The lowest BCUT2D eigenvalue weighted by atomic mass is 9.84. The standard InChI is InChI=1S/C18H16O.C2H6/c1-11-6-5-7-13-10-12(2)18-17(16(11)13)14-8-3-4-9-15(14)19-18;1-2/h3-5,7-11H,6H2,1-2H3;1-2H3. The molecule has 0 saturated carbocycles. The molecule has 0 N–H and O–H groups in total. The smallest absolute Gasteiger partial charge is 0.138 e. The number of allylic oxidation sites excluding steroid dienone is 1. The SMILES string of the molecule is CC.Cc1cc2c(c3c1oc1ccccc13)C(C)CC=C2. The van der Waals surface area contributed by atoms with E-state index >= 15 is 0 Å². The molecule has 1 nitrogen and oxygen atoms in total. The molecular weight excluding hydrogens is 256 g/mol. The number of rotatable bonds is 0. The molecule has 0 fully saturated rings. The maximum atomic E-state index is 6.07. The monoisotopic (exact) mass is 278 g/mol. The molecule has 0 aliphatic heterocycles. The fraction of sp³-hybridized carbons (Fsp3) is 0.300. The van der Waals surface area contributed by atoms with Gasteiger partial charge in [0.25, 0.3) is 0 Å². The van der Waals surface area contributed by atoms with Gasteiger partial charge in [0, 0.05) is 10.8 Å². The molecule has 21 heavy (non-hydrogen) atoms. The minimum Gasteiger partial charge on any atom is -0.456 e. The molecule has 0 spiro atoms. The normalized spacial score (nSPS) is 16.7. The number of hydrogen-bond donors (Lipinski definition) is 0. The summed E-state index contributed by atoms with van der Waals surface area (Å²) in [5.41, 5.74) is 6.09. The van der Waals surface area contributed by atoms with Gasteiger partial charge in [-0.3, -0.25) is 0 Å². The van der Waals surface area contributed by atoms with Gasteiger partial charge >= 0.3 is 0 Å². The van der Waals surface area contributed by atoms with Crippen molar-refractivity contribution >= 4 is 28.0 Å². The van der Waals surface area contributed by atoms with Crippen LogP contribution in [-0.2, 0) is 0 Å². The van der Waals surface area contributed by atoms with Crippen molar-refractivity contribution in [2.75, 3.05) is 0 Å². The molecule has 108 valence electrons. The molecule has 1 unspecified atom stereocenters. The van der Waals surface area contributed by atoms with Gasteiger partial charge in [-0.25, -0.2) is 0 Å². The number of hydrogen-bond acceptors (Lipinski definition) is 1. The predicted molar refractivity (Wildman–Crippen MR) is 91.9 cm³/mol. The molecule has 1 atom stereocenters. The van der Waals surface area contributed by atoms with Gasteiger partial charge < -0.3 is 4.42 Å². The van der Waals surface area contributed by atoms with Crippen LogP contribution in [0.3, 0.4) is 0 Å². The van der Waals surface area contributed by atoms with Gasteiger partial charge in [-0.05, 0) is 48.1 Å². The Morgan fingerprint density at radius 2 is 1.90 bits per heavy atom. The average Bonchev–Trinajstić information content (AvgIpc) is 2.90. The molecule has 1 heteroatoms. The minimum atomic E-state index is 0.559. The van der Waals surface area contributed by atoms with Gasteiger partial charge in [-0.1, -0.05) is 51.1 Å². The number of benzene rings is 2. The Bertz CT molecular complexity index is 821. The van der Waals surface area contributed by atoms with Crippen LogP contribution < -0.4 is 0 Å². The van der Waals surface area contributed by atoms with Crippen molar-refractivity contribution in [3.63, 3.8) is 0 Å². The Balaban J connectivity index is 0.000000636. The maximum Gasteiger partial charge on any atom is 0.138 e. The molecule has 1 aliphatic carbocycles. The molecule has 1 heterocycles. The van der Waals surface area contributed by atoms with E-state index in [9.17, 15) is 0 Å². The molecule has 3 aromatic rings. The van der Waals surface area contributed by atoms with Crippen molar-refractivity contribution in [1.82, 2.24) is 0 Å². The third-order valence-electron chi connectivity index (χ3n) is 4.19. The summed E-state index contributed by atoms with van der Waals surface area (Å²) >= 11 is 0. The first-order valence-electron chi connectivity index (χ1n) is 7.87. The molecule has 4 rings (SSSR count). The van der Waals surface area contributed by atoms with E-state index in [1.54, 1.807) is 0 Å². The van der Waals surface area contributed by atoms with Crippen LogP contribution in [0.5, 0.6) is 0 Å². The highest BCUT2D eigenvalue weighted by Crippen LogP contribution is 2.41. The predicted octanol–water partition coefficient (Wildman–Crippen LogP) is 6.44. The minimum absolute atomic E-state index is 0.559. The van der Waals surface area contributed by atoms with Crippen LogP contribution in [0.2, 0.25) is 0 Å². The van der Waals surface area contributed by atoms with Crippen LogP contribution in [0.4, 0.5) is 0 Å². The van der Waals surface area contributed by atoms with Gasteiger partial charge in [0.2, 0.25) is 0 Å². The zero-order valence-corrected chi connectivity index (χ0v) is 13.2. The van der Waals surface area contributed by atoms with Crippen LogP contribution >= 0.6 is 0 Å². The fourth-order valence-corrected chi connectivity index (χ4v) is 3.30. The number of furan rings is 1. The summed E-state index contributed by atoms with van der Waals surface area (Å²) in [7, 11) is 0. The Labute approximate surface area is 126 Å². The molecule has 0 amide bonds. The number of para-hydroxylation sites is 1. The second-order valence-corrected chi connectivity index (χ2v) is 5.54. The summed E-state index contributed by atoms with van der Waals surface area (Å²) in [5.74, 6) is 0.559. The van der Waals surface area contributed by atoms with Gasteiger partial charge in [-0.15, -0.1) is 0 Å². The molecular formula is C20H22O. The molecule has 0 radical (unpaired) electrons. The lowest BCUT2D eigenvalue weighted by molar-refractivity contribution is 0.664. The summed E-state index contributed by atoms with van der Waals surface area (Å²) in [6.07, 6.45) is 5.65. The topological polar surface area (TPSA) is 13.1 Å². The van der Waals surface area contributed by atoms with Crippen molar-refractivity contribution in [3.05, 3.63) is 53.1 Å². The van der Waals surface area contributed by atoms with Crippen molar-refractivity contribution < 1.29 is 4.42 Å². The highest BCUT2D eigenvalue weighted by Gasteiger charge is 2.21. The van der Waals surface area contributed by atoms with E-state index in [1.165, 1.54) is 27.5 Å². The molecule has 0 bridgehead atoms. The van der Waals surface area contributed by atoms with E-state index in [-0.39, 0.29) is 0 Å². The van der Waals surface area contributed by atoms with E-state index in [2.05, 4.69) is 50.3 Å². The maximum absolute atomic E-state index is 6.07. The summed E-state index contributed by atoms with van der Waals surface area (Å²) in [6, 6.07) is 10.6. The first-order chi connectivity index (χ1) is 10.3. The summed E-state index contributed by atoms with van der Waals surface area (Å²) in [5, 5.41) is 2.57. The first kappa shape index (κ1) is 13.9. The van der Waals surface area contributed by atoms with Crippen molar-refractivity contribution in [3.8, 4) is 0 Å². The van der Waals surface area contributed by atoms with Gasteiger partial charge in [0.1, 0.15) is 11.2 Å². The van der Waals surface area contributed by atoms with Crippen LogP contribution in [0.15, 0.2) is 40.8 Å². The molecule has 0 saturated heterocycles. The number of aryl methyl sites for hydroxylation is 1. The summed E-state index contributed by atoms with van der Waals surface area (Å²) in [6.45, 7) is 8.44.